The molecular weight excluding hydrogens is 232 g/mol. The highest BCUT2D eigenvalue weighted by Gasteiger charge is 2.15. The van der Waals surface area contributed by atoms with E-state index in [2.05, 4.69) is 61.4 Å². The van der Waals surface area contributed by atoms with E-state index < -0.39 is 0 Å². The van der Waals surface area contributed by atoms with Crippen LogP contribution in [0.15, 0.2) is 30.3 Å². The smallest absolute Gasteiger partial charge is 0.0592 e. The van der Waals surface area contributed by atoms with Gasteiger partial charge in [0.2, 0.25) is 0 Å². The van der Waals surface area contributed by atoms with Crippen LogP contribution >= 0.6 is 0 Å². The van der Waals surface area contributed by atoms with Crippen molar-refractivity contribution in [2.45, 2.75) is 33.7 Å². The first-order chi connectivity index (χ1) is 9.01. The molecule has 2 heteroatoms. The summed E-state index contributed by atoms with van der Waals surface area (Å²) in [5, 5.41) is 3.41. The van der Waals surface area contributed by atoms with E-state index in [1.54, 1.807) is 0 Å². The second-order valence-electron chi connectivity index (χ2n) is 5.27. The summed E-state index contributed by atoms with van der Waals surface area (Å²) < 4.78 is 0. The van der Waals surface area contributed by atoms with Crippen LogP contribution in [0.2, 0.25) is 0 Å². The summed E-state index contributed by atoms with van der Waals surface area (Å²) in [6.07, 6.45) is 0. The molecule has 1 N–H and O–H groups in total. The Morgan fingerprint density at radius 2 is 1.58 bits per heavy atom. The van der Waals surface area contributed by atoms with E-state index in [0.717, 1.165) is 11.4 Å². The maximum Gasteiger partial charge on any atom is 0.0592 e. The lowest BCUT2D eigenvalue weighted by atomic mass is 9.95. The molecule has 2 aromatic rings. The van der Waals surface area contributed by atoms with E-state index in [9.17, 15) is 0 Å². The fourth-order valence-corrected chi connectivity index (χ4v) is 2.68. The summed E-state index contributed by atoms with van der Waals surface area (Å²) in [7, 11) is 2.00. The number of hydrogen-bond acceptors (Lipinski definition) is 2. The van der Waals surface area contributed by atoms with Gasteiger partial charge in [0, 0.05) is 11.4 Å². The van der Waals surface area contributed by atoms with Crippen molar-refractivity contribution in [1.29, 1.82) is 0 Å². The van der Waals surface area contributed by atoms with E-state index in [0.29, 0.717) is 0 Å². The highest BCUT2D eigenvalue weighted by Crippen LogP contribution is 2.25. The fourth-order valence-electron chi connectivity index (χ4n) is 2.68. The average molecular weight is 254 g/mol. The van der Waals surface area contributed by atoms with Crippen LogP contribution in [0.1, 0.15) is 39.7 Å². The number of aryl methyl sites for hydroxylation is 4. The minimum absolute atomic E-state index is 0.201. The maximum absolute atomic E-state index is 4.57. The quantitative estimate of drug-likeness (QED) is 0.905. The molecule has 2 rings (SSSR count). The van der Waals surface area contributed by atoms with Crippen LogP contribution in [-0.4, -0.2) is 12.0 Å². The largest absolute Gasteiger partial charge is 0.309 e. The van der Waals surface area contributed by atoms with Crippen LogP contribution in [-0.2, 0) is 0 Å². The van der Waals surface area contributed by atoms with Gasteiger partial charge in [0.1, 0.15) is 0 Å². The standard InChI is InChI=1S/C17H22N2/c1-11-8-12(2)10-15(9-11)17(18-5)16-7-6-13(3)19-14(16)4/h6-10,17-18H,1-5H3. The monoisotopic (exact) mass is 254 g/mol. The minimum Gasteiger partial charge on any atom is -0.309 e. The molecule has 0 aliphatic rings. The van der Waals surface area contributed by atoms with Gasteiger partial charge in [0.15, 0.2) is 0 Å². The third-order valence-electron chi connectivity index (χ3n) is 3.44. The van der Waals surface area contributed by atoms with Gasteiger partial charge in [-0.25, -0.2) is 0 Å². The molecule has 1 atom stereocenters. The van der Waals surface area contributed by atoms with Gasteiger partial charge < -0.3 is 5.32 Å². The number of nitrogens with zero attached hydrogens (tertiary/aromatic N) is 1. The Morgan fingerprint density at radius 1 is 0.947 bits per heavy atom. The van der Waals surface area contributed by atoms with Crippen molar-refractivity contribution < 1.29 is 0 Å². The van der Waals surface area contributed by atoms with Crippen molar-refractivity contribution in [3.8, 4) is 0 Å². The lowest BCUT2D eigenvalue weighted by Gasteiger charge is -2.20. The Labute approximate surface area is 115 Å². The van der Waals surface area contributed by atoms with E-state index in [1.807, 2.05) is 14.0 Å². The molecule has 0 aliphatic heterocycles. The highest BCUT2D eigenvalue weighted by atomic mass is 14.9. The molecule has 1 aromatic heterocycles. The molecule has 0 fully saturated rings. The van der Waals surface area contributed by atoms with E-state index in [1.165, 1.54) is 22.3 Å². The van der Waals surface area contributed by atoms with Gasteiger partial charge in [0.05, 0.1) is 6.04 Å². The van der Waals surface area contributed by atoms with Crippen molar-refractivity contribution >= 4 is 0 Å². The fraction of sp³-hybridized carbons (Fsp3) is 0.353. The van der Waals surface area contributed by atoms with Gasteiger partial charge in [-0.1, -0.05) is 35.4 Å². The first-order valence-corrected chi connectivity index (χ1v) is 6.71. The highest BCUT2D eigenvalue weighted by molar-refractivity contribution is 5.38. The molecule has 0 amide bonds. The predicted octanol–water partition coefficient (Wildman–Crippen LogP) is 3.62. The summed E-state index contributed by atoms with van der Waals surface area (Å²) in [6.45, 7) is 8.39. The average Bonchev–Trinajstić information content (AvgIpc) is 2.31. The van der Waals surface area contributed by atoms with Crippen molar-refractivity contribution in [3.05, 3.63) is 64.0 Å². The first-order valence-electron chi connectivity index (χ1n) is 6.71. The Hall–Kier alpha value is -1.67. The Balaban J connectivity index is 2.49. The number of pyridine rings is 1. The molecule has 2 nitrogen and oxygen atoms in total. The summed E-state index contributed by atoms with van der Waals surface area (Å²) in [4.78, 5) is 4.57. The van der Waals surface area contributed by atoms with Crippen LogP contribution in [0.5, 0.6) is 0 Å². The van der Waals surface area contributed by atoms with Gasteiger partial charge in [-0.3, -0.25) is 4.98 Å². The zero-order valence-electron chi connectivity index (χ0n) is 12.4. The van der Waals surface area contributed by atoms with Crippen LogP contribution in [0.25, 0.3) is 0 Å². The molecule has 0 aliphatic carbocycles. The molecule has 0 saturated carbocycles. The Kier molecular flexibility index (Phi) is 4.01. The molecule has 0 saturated heterocycles. The predicted molar refractivity (Wildman–Crippen MR) is 80.5 cm³/mol. The maximum atomic E-state index is 4.57. The Morgan fingerprint density at radius 3 is 2.11 bits per heavy atom. The summed E-state index contributed by atoms with van der Waals surface area (Å²) in [6, 6.07) is 11.1. The van der Waals surface area contributed by atoms with Gasteiger partial charge in [-0.15, -0.1) is 0 Å². The van der Waals surface area contributed by atoms with Gasteiger partial charge >= 0.3 is 0 Å². The zero-order chi connectivity index (χ0) is 14.0. The van der Waals surface area contributed by atoms with Crippen LogP contribution in [0.4, 0.5) is 0 Å². The third-order valence-corrected chi connectivity index (χ3v) is 3.44. The van der Waals surface area contributed by atoms with Crippen LogP contribution < -0.4 is 5.32 Å². The number of benzene rings is 1. The second-order valence-corrected chi connectivity index (χ2v) is 5.27. The summed E-state index contributed by atoms with van der Waals surface area (Å²) >= 11 is 0. The van der Waals surface area contributed by atoms with Crippen molar-refractivity contribution in [2.24, 2.45) is 0 Å². The topological polar surface area (TPSA) is 24.9 Å². The van der Waals surface area contributed by atoms with Crippen LogP contribution in [0.3, 0.4) is 0 Å². The normalized spacial score (nSPS) is 12.5. The third kappa shape index (κ3) is 3.02. The molecule has 0 spiro atoms. The first kappa shape index (κ1) is 13.8. The second kappa shape index (κ2) is 5.54. The summed E-state index contributed by atoms with van der Waals surface area (Å²) in [5.41, 5.74) is 7.31. The van der Waals surface area contributed by atoms with Gasteiger partial charge in [-0.05, 0) is 51.9 Å². The molecule has 1 aromatic carbocycles. The van der Waals surface area contributed by atoms with Gasteiger partial charge in [-0.2, -0.15) is 0 Å². The van der Waals surface area contributed by atoms with E-state index >= 15 is 0 Å². The van der Waals surface area contributed by atoms with Crippen molar-refractivity contribution in [1.82, 2.24) is 10.3 Å². The molecule has 0 bridgehead atoms. The number of nitrogens with one attached hydrogen (secondary N) is 1. The molecular formula is C17H22N2. The Bertz CT molecular complexity index is 568. The molecule has 0 radical (unpaired) electrons. The molecule has 100 valence electrons. The number of aromatic nitrogens is 1. The lowest BCUT2D eigenvalue weighted by molar-refractivity contribution is 0.681. The molecule has 1 unspecified atom stereocenters. The lowest BCUT2D eigenvalue weighted by Crippen LogP contribution is -2.19. The summed E-state index contributed by atoms with van der Waals surface area (Å²) in [5.74, 6) is 0. The minimum atomic E-state index is 0.201. The zero-order valence-corrected chi connectivity index (χ0v) is 12.4. The SMILES string of the molecule is CNC(c1cc(C)cc(C)c1)c1ccc(C)nc1C. The van der Waals surface area contributed by atoms with Crippen molar-refractivity contribution in [3.63, 3.8) is 0 Å². The van der Waals surface area contributed by atoms with E-state index in [4.69, 9.17) is 0 Å². The van der Waals surface area contributed by atoms with Crippen LogP contribution in [0, 0.1) is 27.7 Å². The molecule has 1 heterocycles. The molecule has 19 heavy (non-hydrogen) atoms. The number of hydrogen-bond donors (Lipinski definition) is 1. The van der Waals surface area contributed by atoms with E-state index in [-0.39, 0.29) is 6.04 Å². The number of rotatable bonds is 3. The van der Waals surface area contributed by atoms with Gasteiger partial charge in [0.25, 0.3) is 0 Å². The van der Waals surface area contributed by atoms with Crippen molar-refractivity contribution in [2.75, 3.05) is 7.05 Å².